The van der Waals surface area contributed by atoms with E-state index >= 15 is 0 Å². The SMILES string of the molecule is O=C([O-])c1ccccc1N1C(=O)c2ccc(F)cc2C1=O. The van der Waals surface area contributed by atoms with Crippen molar-refractivity contribution in [3.63, 3.8) is 0 Å². The third-order valence-electron chi connectivity index (χ3n) is 3.21. The molecule has 6 heteroatoms. The smallest absolute Gasteiger partial charge is 0.266 e. The number of benzene rings is 2. The zero-order chi connectivity index (χ0) is 15.1. The van der Waals surface area contributed by atoms with Crippen molar-refractivity contribution in [2.75, 3.05) is 4.90 Å². The minimum atomic E-state index is -1.51. The van der Waals surface area contributed by atoms with Crippen LogP contribution in [0.4, 0.5) is 10.1 Å². The van der Waals surface area contributed by atoms with Crippen LogP contribution in [0.5, 0.6) is 0 Å². The van der Waals surface area contributed by atoms with Gasteiger partial charge in [-0.2, -0.15) is 0 Å². The number of halogens is 1. The maximum atomic E-state index is 13.2. The molecule has 0 atom stereocenters. The van der Waals surface area contributed by atoms with E-state index in [1.54, 1.807) is 0 Å². The van der Waals surface area contributed by atoms with Gasteiger partial charge >= 0.3 is 0 Å². The summed E-state index contributed by atoms with van der Waals surface area (Å²) in [7, 11) is 0. The summed E-state index contributed by atoms with van der Waals surface area (Å²) in [6, 6.07) is 8.72. The fourth-order valence-corrected chi connectivity index (χ4v) is 2.27. The number of carbonyl (C=O) groups is 3. The second-order valence-electron chi connectivity index (χ2n) is 4.44. The van der Waals surface area contributed by atoms with Crippen molar-refractivity contribution in [2.45, 2.75) is 0 Å². The Hall–Kier alpha value is -3.02. The number of rotatable bonds is 2. The highest BCUT2D eigenvalue weighted by Gasteiger charge is 2.37. The number of carboxylic acid groups (broad SMARTS) is 1. The molecule has 2 aromatic carbocycles. The van der Waals surface area contributed by atoms with Crippen LogP contribution < -0.4 is 10.0 Å². The van der Waals surface area contributed by atoms with Gasteiger partial charge in [-0.3, -0.25) is 9.59 Å². The topological polar surface area (TPSA) is 77.5 Å². The first-order valence-electron chi connectivity index (χ1n) is 5.99. The number of nitrogens with zero attached hydrogens (tertiary/aromatic N) is 1. The third kappa shape index (κ3) is 1.88. The predicted molar refractivity (Wildman–Crippen MR) is 68.3 cm³/mol. The maximum absolute atomic E-state index is 13.2. The lowest BCUT2D eigenvalue weighted by Gasteiger charge is -2.18. The first-order valence-corrected chi connectivity index (χ1v) is 5.99. The number of imide groups is 1. The van der Waals surface area contributed by atoms with E-state index in [1.165, 1.54) is 30.3 Å². The van der Waals surface area contributed by atoms with Crippen molar-refractivity contribution in [3.05, 3.63) is 65.0 Å². The second-order valence-corrected chi connectivity index (χ2v) is 4.44. The Morgan fingerprint density at radius 3 is 2.38 bits per heavy atom. The molecule has 3 rings (SSSR count). The largest absolute Gasteiger partial charge is 0.545 e. The molecule has 0 aromatic heterocycles. The lowest BCUT2D eigenvalue weighted by Crippen LogP contribution is -2.33. The van der Waals surface area contributed by atoms with Gasteiger partial charge in [0.25, 0.3) is 11.8 Å². The number of carboxylic acids is 1. The number of carbonyl (C=O) groups excluding carboxylic acids is 3. The number of hydrogen-bond acceptors (Lipinski definition) is 4. The highest BCUT2D eigenvalue weighted by Crippen LogP contribution is 2.30. The molecule has 104 valence electrons. The summed E-state index contributed by atoms with van der Waals surface area (Å²) in [5.74, 6) is -3.61. The summed E-state index contributed by atoms with van der Waals surface area (Å²) in [5, 5.41) is 11.1. The monoisotopic (exact) mass is 284 g/mol. The molecule has 0 saturated carbocycles. The average molecular weight is 284 g/mol. The number of anilines is 1. The molecule has 0 aliphatic carbocycles. The van der Waals surface area contributed by atoms with Gasteiger partial charge in [-0.05, 0) is 24.3 Å². The van der Waals surface area contributed by atoms with Crippen LogP contribution in [0.15, 0.2) is 42.5 Å². The van der Waals surface area contributed by atoms with Crippen LogP contribution in [0, 0.1) is 5.82 Å². The maximum Gasteiger partial charge on any atom is 0.266 e. The lowest BCUT2D eigenvalue weighted by molar-refractivity contribution is -0.254. The lowest BCUT2D eigenvalue weighted by atomic mass is 10.1. The number of fused-ring (bicyclic) bond motifs is 1. The molecule has 1 aliphatic heterocycles. The Bertz CT molecular complexity index is 800. The fraction of sp³-hybridized carbons (Fsp3) is 0. The first kappa shape index (κ1) is 13.0. The molecule has 0 fully saturated rings. The van der Waals surface area contributed by atoms with Crippen molar-refractivity contribution in [3.8, 4) is 0 Å². The number of para-hydroxylation sites is 1. The molecule has 0 radical (unpaired) electrons. The molecule has 21 heavy (non-hydrogen) atoms. The van der Waals surface area contributed by atoms with E-state index in [4.69, 9.17) is 0 Å². The molecule has 1 heterocycles. The Morgan fingerprint density at radius 1 is 1.00 bits per heavy atom. The van der Waals surface area contributed by atoms with E-state index in [9.17, 15) is 23.9 Å². The Morgan fingerprint density at radius 2 is 1.67 bits per heavy atom. The molecule has 5 nitrogen and oxygen atoms in total. The van der Waals surface area contributed by atoms with Gasteiger partial charge < -0.3 is 9.90 Å². The van der Waals surface area contributed by atoms with Crippen LogP contribution in [-0.2, 0) is 0 Å². The second kappa shape index (κ2) is 4.52. The summed E-state index contributed by atoms with van der Waals surface area (Å²) in [6.07, 6.45) is 0. The van der Waals surface area contributed by atoms with Gasteiger partial charge in [-0.15, -0.1) is 0 Å². The van der Waals surface area contributed by atoms with E-state index in [-0.39, 0.29) is 22.4 Å². The molecular weight excluding hydrogens is 277 g/mol. The van der Waals surface area contributed by atoms with E-state index in [0.29, 0.717) is 0 Å². The molecule has 2 aromatic rings. The van der Waals surface area contributed by atoms with Gasteiger partial charge in [-0.25, -0.2) is 9.29 Å². The number of aromatic carboxylic acids is 1. The van der Waals surface area contributed by atoms with E-state index < -0.39 is 23.6 Å². The van der Waals surface area contributed by atoms with Crippen LogP contribution in [0.25, 0.3) is 0 Å². The van der Waals surface area contributed by atoms with Gasteiger partial charge in [0.15, 0.2) is 0 Å². The predicted octanol–water partition coefficient (Wildman–Crippen LogP) is 0.990. The standard InChI is InChI=1S/C15H8FNO4/c16-8-5-6-9-11(7-8)14(19)17(13(9)18)12-4-2-1-3-10(12)15(20)21/h1-7H,(H,20,21)/p-1. The molecule has 0 N–H and O–H groups in total. The summed E-state index contributed by atoms with van der Waals surface area (Å²) in [6.45, 7) is 0. The molecule has 0 spiro atoms. The normalized spacial score (nSPS) is 13.5. The van der Waals surface area contributed by atoms with Gasteiger partial charge in [0.05, 0.1) is 22.8 Å². The molecule has 0 unspecified atom stereocenters. The van der Waals surface area contributed by atoms with Crippen LogP contribution in [0.2, 0.25) is 0 Å². The Kier molecular flexibility index (Phi) is 2.79. The average Bonchev–Trinajstić information content (AvgIpc) is 2.70. The first-order chi connectivity index (χ1) is 10.0. The van der Waals surface area contributed by atoms with Crippen LogP contribution in [-0.4, -0.2) is 17.8 Å². The Balaban J connectivity index is 2.17. The van der Waals surface area contributed by atoms with Crippen molar-refractivity contribution in [1.29, 1.82) is 0 Å². The molecule has 2 amide bonds. The fourth-order valence-electron chi connectivity index (χ4n) is 2.27. The van der Waals surface area contributed by atoms with E-state index in [0.717, 1.165) is 17.0 Å². The van der Waals surface area contributed by atoms with Gasteiger partial charge in [-0.1, -0.05) is 18.2 Å². The minimum absolute atomic E-state index is 0.0366. The van der Waals surface area contributed by atoms with E-state index in [2.05, 4.69) is 0 Å². The minimum Gasteiger partial charge on any atom is -0.545 e. The summed E-state index contributed by atoms with van der Waals surface area (Å²) in [4.78, 5) is 36.3. The van der Waals surface area contributed by atoms with Gasteiger partial charge in [0.1, 0.15) is 5.82 Å². The number of hydrogen-bond donors (Lipinski definition) is 0. The molecule has 1 aliphatic rings. The quantitative estimate of drug-likeness (QED) is 0.770. The van der Waals surface area contributed by atoms with Crippen LogP contribution in [0.3, 0.4) is 0 Å². The third-order valence-corrected chi connectivity index (χ3v) is 3.21. The molecule has 0 saturated heterocycles. The summed E-state index contributed by atoms with van der Waals surface area (Å²) in [5.41, 5.74) is -0.431. The van der Waals surface area contributed by atoms with Crippen LogP contribution >= 0.6 is 0 Å². The molecule has 0 bridgehead atoms. The summed E-state index contributed by atoms with van der Waals surface area (Å²) < 4.78 is 13.2. The highest BCUT2D eigenvalue weighted by atomic mass is 19.1. The zero-order valence-electron chi connectivity index (χ0n) is 10.5. The summed E-state index contributed by atoms with van der Waals surface area (Å²) >= 11 is 0. The zero-order valence-corrected chi connectivity index (χ0v) is 10.5. The van der Waals surface area contributed by atoms with Crippen molar-refractivity contribution >= 4 is 23.5 Å². The highest BCUT2D eigenvalue weighted by molar-refractivity contribution is 6.35. The van der Waals surface area contributed by atoms with Gasteiger partial charge in [0, 0.05) is 5.56 Å². The molecular formula is C15H7FNO4-. The van der Waals surface area contributed by atoms with Gasteiger partial charge in [0.2, 0.25) is 0 Å². The Labute approximate surface area is 118 Å². The van der Waals surface area contributed by atoms with Crippen LogP contribution in [0.1, 0.15) is 31.1 Å². The van der Waals surface area contributed by atoms with Crippen molar-refractivity contribution in [1.82, 2.24) is 0 Å². The van der Waals surface area contributed by atoms with E-state index in [1.807, 2.05) is 0 Å². The van der Waals surface area contributed by atoms with Crippen molar-refractivity contribution < 1.29 is 23.9 Å². The van der Waals surface area contributed by atoms with Crippen molar-refractivity contribution in [2.24, 2.45) is 0 Å². The number of amides is 2.